The summed E-state index contributed by atoms with van der Waals surface area (Å²) in [6.45, 7) is 0. The van der Waals surface area contributed by atoms with Crippen LogP contribution in [0.5, 0.6) is 5.75 Å². The fraction of sp³-hybridized carbons (Fsp3) is 0.0909. The Hall–Kier alpha value is -1.71. The number of halogens is 3. The van der Waals surface area contributed by atoms with Crippen molar-refractivity contribution >= 4 is 10.8 Å². The van der Waals surface area contributed by atoms with Crippen molar-refractivity contribution in [3.63, 3.8) is 0 Å². The Bertz CT molecular complexity index is 471. The lowest BCUT2D eigenvalue weighted by molar-refractivity contribution is -0.274. The van der Waals surface area contributed by atoms with Crippen molar-refractivity contribution in [1.29, 1.82) is 0 Å². The highest BCUT2D eigenvalue weighted by Gasteiger charge is 2.31. The van der Waals surface area contributed by atoms with Crippen LogP contribution < -0.4 is 4.74 Å². The van der Waals surface area contributed by atoms with E-state index in [1.54, 1.807) is 24.3 Å². The molecule has 77 valence electrons. The summed E-state index contributed by atoms with van der Waals surface area (Å²) in [7, 11) is 0. The van der Waals surface area contributed by atoms with Crippen LogP contribution in [0.1, 0.15) is 0 Å². The van der Waals surface area contributed by atoms with E-state index in [-0.39, 0.29) is 5.75 Å². The van der Waals surface area contributed by atoms with E-state index in [4.69, 9.17) is 0 Å². The molecule has 1 radical (unpaired) electrons. The summed E-state index contributed by atoms with van der Waals surface area (Å²) in [4.78, 5) is 0. The minimum absolute atomic E-state index is 0.197. The first-order valence-electron chi connectivity index (χ1n) is 4.21. The maximum atomic E-state index is 12.0. The molecule has 0 bridgehead atoms. The summed E-state index contributed by atoms with van der Waals surface area (Å²) in [5.74, 6) is -0.197. The van der Waals surface area contributed by atoms with Gasteiger partial charge in [0.05, 0.1) is 0 Å². The van der Waals surface area contributed by atoms with Gasteiger partial charge < -0.3 is 4.74 Å². The molecule has 0 atom stereocenters. The average Bonchev–Trinajstić information content (AvgIpc) is 2.16. The average molecular weight is 211 g/mol. The van der Waals surface area contributed by atoms with E-state index in [1.165, 1.54) is 12.1 Å². The second kappa shape index (κ2) is 3.46. The van der Waals surface area contributed by atoms with Crippen molar-refractivity contribution in [3.8, 4) is 5.75 Å². The summed E-state index contributed by atoms with van der Waals surface area (Å²) in [6.07, 6.45) is -4.66. The molecule has 15 heavy (non-hydrogen) atoms. The third kappa shape index (κ3) is 2.21. The molecule has 0 aromatic heterocycles. The lowest BCUT2D eigenvalue weighted by atomic mass is 10.1. The van der Waals surface area contributed by atoms with Crippen molar-refractivity contribution in [2.75, 3.05) is 0 Å². The quantitative estimate of drug-likeness (QED) is 0.701. The molecular formula is C11H6F3O. The van der Waals surface area contributed by atoms with Gasteiger partial charge in [-0.3, -0.25) is 0 Å². The zero-order valence-electron chi connectivity index (χ0n) is 7.51. The van der Waals surface area contributed by atoms with Crippen molar-refractivity contribution < 1.29 is 17.9 Å². The Morgan fingerprint density at radius 3 is 2.60 bits per heavy atom. The second-order valence-corrected chi connectivity index (χ2v) is 2.94. The van der Waals surface area contributed by atoms with E-state index in [1.807, 2.05) is 0 Å². The lowest BCUT2D eigenvalue weighted by Crippen LogP contribution is -2.17. The molecule has 0 saturated carbocycles. The smallest absolute Gasteiger partial charge is 0.405 e. The number of benzene rings is 2. The number of rotatable bonds is 1. The molecule has 0 amide bonds. The molecule has 2 aromatic rings. The standard InChI is InChI=1S/C11H6F3O/c12-11(13,14)15-10-7-3-5-8-4-1-2-6-9(8)10/h1-3,5-7H. The number of alkyl halides is 3. The summed E-state index contributed by atoms with van der Waals surface area (Å²) >= 11 is 0. The zero-order chi connectivity index (χ0) is 10.9. The van der Waals surface area contributed by atoms with Crippen LogP contribution in [-0.2, 0) is 0 Å². The second-order valence-electron chi connectivity index (χ2n) is 2.94. The van der Waals surface area contributed by atoms with Gasteiger partial charge in [0.25, 0.3) is 0 Å². The van der Waals surface area contributed by atoms with Gasteiger partial charge in [0.2, 0.25) is 0 Å². The molecule has 0 N–H and O–H groups in total. The number of hydrogen-bond donors (Lipinski definition) is 0. The van der Waals surface area contributed by atoms with Crippen LogP contribution in [0.25, 0.3) is 10.8 Å². The maximum absolute atomic E-state index is 12.0. The highest BCUT2D eigenvalue weighted by molar-refractivity contribution is 5.87. The molecular weight excluding hydrogens is 205 g/mol. The van der Waals surface area contributed by atoms with Gasteiger partial charge in [0.1, 0.15) is 5.75 Å². The highest BCUT2D eigenvalue weighted by atomic mass is 19.4. The fourth-order valence-corrected chi connectivity index (χ4v) is 1.34. The van der Waals surface area contributed by atoms with Crippen LogP contribution in [0.2, 0.25) is 0 Å². The summed E-state index contributed by atoms with van der Waals surface area (Å²) in [5.41, 5.74) is 0. The van der Waals surface area contributed by atoms with Crippen molar-refractivity contribution in [3.05, 3.63) is 42.5 Å². The maximum Gasteiger partial charge on any atom is 0.573 e. The molecule has 0 fully saturated rings. The molecule has 0 aliphatic rings. The summed E-state index contributed by atoms with van der Waals surface area (Å²) in [5, 5.41) is 0.997. The minimum atomic E-state index is -4.66. The van der Waals surface area contributed by atoms with Crippen LogP contribution in [0.3, 0.4) is 0 Å². The third-order valence-electron chi connectivity index (χ3n) is 1.89. The van der Waals surface area contributed by atoms with Gasteiger partial charge in [-0.1, -0.05) is 30.3 Å². The monoisotopic (exact) mass is 211 g/mol. The Kier molecular flexibility index (Phi) is 2.26. The summed E-state index contributed by atoms with van der Waals surface area (Å²) < 4.78 is 40.0. The van der Waals surface area contributed by atoms with E-state index in [2.05, 4.69) is 10.8 Å². The first-order chi connectivity index (χ1) is 7.06. The molecule has 4 heteroatoms. The molecule has 0 aliphatic carbocycles. The van der Waals surface area contributed by atoms with Crippen LogP contribution in [0, 0.1) is 6.07 Å². The van der Waals surface area contributed by atoms with Gasteiger partial charge in [-0.25, -0.2) is 0 Å². The van der Waals surface area contributed by atoms with E-state index in [0.717, 1.165) is 0 Å². The van der Waals surface area contributed by atoms with Crippen LogP contribution in [0.15, 0.2) is 36.4 Å². The third-order valence-corrected chi connectivity index (χ3v) is 1.89. The molecule has 2 rings (SSSR count). The Morgan fingerprint density at radius 1 is 1.07 bits per heavy atom. The summed E-state index contributed by atoms with van der Waals surface area (Å²) in [6, 6.07) is 12.1. The van der Waals surface area contributed by atoms with Gasteiger partial charge >= 0.3 is 6.36 Å². The van der Waals surface area contributed by atoms with E-state index < -0.39 is 6.36 Å². The van der Waals surface area contributed by atoms with Crippen molar-refractivity contribution in [1.82, 2.24) is 0 Å². The number of hydrogen-bond acceptors (Lipinski definition) is 1. The molecule has 2 aromatic carbocycles. The van der Waals surface area contributed by atoms with Crippen molar-refractivity contribution in [2.24, 2.45) is 0 Å². The topological polar surface area (TPSA) is 9.23 Å². The van der Waals surface area contributed by atoms with Crippen molar-refractivity contribution in [2.45, 2.75) is 6.36 Å². The Morgan fingerprint density at radius 2 is 1.87 bits per heavy atom. The van der Waals surface area contributed by atoms with E-state index >= 15 is 0 Å². The Balaban J connectivity index is 2.52. The minimum Gasteiger partial charge on any atom is -0.405 e. The van der Waals surface area contributed by atoms with Gasteiger partial charge in [0.15, 0.2) is 0 Å². The fourth-order valence-electron chi connectivity index (χ4n) is 1.34. The molecule has 0 saturated heterocycles. The predicted molar refractivity (Wildman–Crippen MR) is 49.5 cm³/mol. The number of ether oxygens (including phenoxy) is 1. The largest absolute Gasteiger partial charge is 0.573 e. The molecule has 1 nitrogen and oxygen atoms in total. The van der Waals surface area contributed by atoms with Crippen LogP contribution in [-0.4, -0.2) is 6.36 Å². The SMILES string of the molecule is FC(F)(F)Oc1cccc2[c]cccc12. The Labute approximate surface area is 84.1 Å². The first-order valence-corrected chi connectivity index (χ1v) is 4.21. The molecule has 0 spiro atoms. The van der Waals surface area contributed by atoms with Gasteiger partial charge in [0, 0.05) is 5.39 Å². The predicted octanol–water partition coefficient (Wildman–Crippen LogP) is 3.54. The lowest BCUT2D eigenvalue weighted by Gasteiger charge is -2.10. The first kappa shape index (κ1) is 9.83. The normalized spacial score (nSPS) is 11.7. The van der Waals surface area contributed by atoms with Gasteiger partial charge in [-0.15, -0.1) is 13.2 Å². The van der Waals surface area contributed by atoms with Gasteiger partial charge in [-0.2, -0.15) is 0 Å². The highest BCUT2D eigenvalue weighted by Crippen LogP contribution is 2.29. The van der Waals surface area contributed by atoms with Crippen LogP contribution in [0.4, 0.5) is 13.2 Å². The van der Waals surface area contributed by atoms with E-state index in [0.29, 0.717) is 10.8 Å². The zero-order valence-corrected chi connectivity index (χ0v) is 7.51. The van der Waals surface area contributed by atoms with Gasteiger partial charge in [-0.05, 0) is 17.5 Å². The van der Waals surface area contributed by atoms with Crippen LogP contribution >= 0.6 is 0 Å². The molecule has 0 heterocycles. The molecule has 0 aliphatic heterocycles. The van der Waals surface area contributed by atoms with E-state index in [9.17, 15) is 13.2 Å². The number of fused-ring (bicyclic) bond motifs is 1. The molecule has 0 unspecified atom stereocenters.